The highest BCUT2D eigenvalue weighted by molar-refractivity contribution is 7.85. The number of hydrogen-bond donors (Lipinski definition) is 0. The Bertz CT molecular complexity index is 507. The molecule has 0 spiro atoms. The second-order valence-corrected chi connectivity index (χ2v) is 5.37. The van der Waals surface area contributed by atoms with Gasteiger partial charge in [-0.15, -0.1) is 0 Å². The van der Waals surface area contributed by atoms with Crippen LogP contribution in [0.3, 0.4) is 0 Å². The molecule has 0 aliphatic heterocycles. The molecular formula is C13H16O5S. The van der Waals surface area contributed by atoms with Crippen molar-refractivity contribution in [2.75, 3.05) is 13.2 Å². The summed E-state index contributed by atoms with van der Waals surface area (Å²) >= 11 is 0. The molecule has 1 aromatic carbocycles. The molecule has 0 aliphatic carbocycles. The quantitative estimate of drug-likeness (QED) is 0.314. The summed E-state index contributed by atoms with van der Waals surface area (Å²) in [5.74, 6) is -0.701. The molecule has 0 aromatic heterocycles. The monoisotopic (exact) mass is 284 g/mol. The van der Waals surface area contributed by atoms with E-state index < -0.39 is 16.1 Å². The van der Waals surface area contributed by atoms with Gasteiger partial charge in [-0.1, -0.05) is 36.9 Å². The van der Waals surface area contributed by atoms with Crippen LogP contribution in [-0.2, 0) is 29.6 Å². The average Bonchev–Trinajstić information content (AvgIpc) is 2.38. The van der Waals surface area contributed by atoms with Gasteiger partial charge in [0.15, 0.2) is 0 Å². The van der Waals surface area contributed by atoms with Gasteiger partial charge >= 0.3 is 5.97 Å². The van der Waals surface area contributed by atoms with Crippen molar-refractivity contribution in [2.24, 2.45) is 0 Å². The van der Waals surface area contributed by atoms with Crippen LogP contribution in [0.25, 0.3) is 0 Å². The van der Waals surface area contributed by atoms with Crippen LogP contribution in [0.4, 0.5) is 0 Å². The van der Waals surface area contributed by atoms with Crippen LogP contribution in [0, 0.1) is 0 Å². The molecule has 0 N–H and O–H groups in total. The molecule has 0 radical (unpaired) electrons. The summed E-state index contributed by atoms with van der Waals surface area (Å²) in [5.41, 5.74) is 0.667. The first-order chi connectivity index (χ1) is 9.03. The van der Waals surface area contributed by atoms with Gasteiger partial charge in [-0.2, -0.15) is 8.42 Å². The van der Waals surface area contributed by atoms with Crippen LogP contribution in [0.2, 0.25) is 0 Å². The van der Waals surface area contributed by atoms with E-state index in [4.69, 9.17) is 8.92 Å². The molecule has 1 aromatic rings. The lowest BCUT2D eigenvalue weighted by Gasteiger charge is -2.06. The highest BCUT2D eigenvalue weighted by Crippen LogP contribution is 2.07. The first-order valence-corrected chi connectivity index (χ1v) is 7.31. The maximum Gasteiger partial charge on any atom is 0.330 e. The van der Waals surface area contributed by atoms with Gasteiger partial charge in [0.1, 0.15) is 5.75 Å². The third kappa shape index (κ3) is 6.73. The zero-order valence-corrected chi connectivity index (χ0v) is 11.3. The van der Waals surface area contributed by atoms with E-state index >= 15 is 0 Å². The summed E-state index contributed by atoms with van der Waals surface area (Å²) in [6.45, 7) is 3.33. The van der Waals surface area contributed by atoms with Crippen molar-refractivity contribution in [3.05, 3.63) is 48.6 Å². The Hall–Kier alpha value is -1.66. The second-order valence-electron chi connectivity index (χ2n) is 3.73. The van der Waals surface area contributed by atoms with Gasteiger partial charge in [0, 0.05) is 12.5 Å². The average molecular weight is 284 g/mol. The summed E-state index contributed by atoms with van der Waals surface area (Å²) in [6.07, 6.45) is 1.36. The number of rotatable bonds is 8. The van der Waals surface area contributed by atoms with Crippen molar-refractivity contribution in [2.45, 2.75) is 12.2 Å². The van der Waals surface area contributed by atoms with E-state index in [9.17, 15) is 13.2 Å². The van der Waals surface area contributed by atoms with Gasteiger partial charge in [-0.05, 0) is 5.56 Å². The summed E-state index contributed by atoms with van der Waals surface area (Å²) in [6, 6.07) is 8.77. The Morgan fingerprint density at radius 2 is 1.89 bits per heavy atom. The minimum atomic E-state index is -3.60. The van der Waals surface area contributed by atoms with Gasteiger partial charge in [0.2, 0.25) is 0 Å². The first-order valence-electron chi connectivity index (χ1n) is 5.74. The fraction of sp³-hybridized carbons (Fsp3) is 0.308. The van der Waals surface area contributed by atoms with Gasteiger partial charge in [-0.25, -0.2) is 4.79 Å². The van der Waals surface area contributed by atoms with E-state index in [1.54, 1.807) is 24.3 Å². The molecule has 0 aliphatic rings. The molecule has 0 fully saturated rings. The smallest absolute Gasteiger partial charge is 0.330 e. The van der Waals surface area contributed by atoms with Crippen molar-refractivity contribution < 1.29 is 22.1 Å². The zero-order chi connectivity index (χ0) is 14.1. The van der Waals surface area contributed by atoms with E-state index in [1.807, 2.05) is 6.07 Å². The number of esters is 1. The Morgan fingerprint density at radius 3 is 2.53 bits per heavy atom. The van der Waals surface area contributed by atoms with E-state index in [0.29, 0.717) is 12.0 Å². The van der Waals surface area contributed by atoms with Crippen LogP contribution in [-0.4, -0.2) is 27.6 Å². The Morgan fingerprint density at radius 1 is 1.21 bits per heavy atom. The van der Waals surface area contributed by atoms with Gasteiger partial charge in [0.25, 0.3) is 10.1 Å². The van der Waals surface area contributed by atoms with E-state index in [2.05, 4.69) is 6.58 Å². The summed E-state index contributed by atoms with van der Waals surface area (Å²) in [4.78, 5) is 10.7. The molecule has 5 nitrogen and oxygen atoms in total. The highest BCUT2D eigenvalue weighted by atomic mass is 32.2. The number of carbonyl (C=O) groups is 1. The minimum Gasteiger partial charge on any atom is -0.462 e. The zero-order valence-electron chi connectivity index (χ0n) is 10.4. The van der Waals surface area contributed by atoms with Crippen molar-refractivity contribution in [3.8, 4) is 0 Å². The third-order valence-corrected chi connectivity index (χ3v) is 3.36. The second kappa shape index (κ2) is 7.70. The molecule has 0 bridgehead atoms. The van der Waals surface area contributed by atoms with Gasteiger partial charge < -0.3 is 4.74 Å². The summed E-state index contributed by atoms with van der Waals surface area (Å²) in [7, 11) is -3.60. The minimum absolute atomic E-state index is 0.0143. The third-order valence-electron chi connectivity index (χ3n) is 2.15. The molecule has 0 unspecified atom stereocenters. The topological polar surface area (TPSA) is 69.7 Å². The first kappa shape index (κ1) is 15.4. The Kier molecular flexibility index (Phi) is 6.24. The van der Waals surface area contributed by atoms with Gasteiger partial charge in [0.05, 0.1) is 13.2 Å². The maximum absolute atomic E-state index is 11.6. The lowest BCUT2D eigenvalue weighted by atomic mass is 10.2. The van der Waals surface area contributed by atoms with Crippen molar-refractivity contribution in [3.63, 3.8) is 0 Å². The number of ether oxygens (including phenoxy) is 1. The molecule has 6 heteroatoms. The van der Waals surface area contributed by atoms with Crippen LogP contribution >= 0.6 is 0 Å². The van der Waals surface area contributed by atoms with Crippen LogP contribution in [0.1, 0.15) is 12.0 Å². The largest absolute Gasteiger partial charge is 0.462 e. The Labute approximate surface area is 113 Å². The number of benzene rings is 1. The number of carbonyl (C=O) groups excluding carboxylic acids is 1. The molecule has 104 valence electrons. The summed E-state index contributed by atoms with van der Waals surface area (Å²) in [5, 5.41) is 0. The van der Waals surface area contributed by atoms with E-state index in [-0.39, 0.29) is 19.0 Å². The molecular weight excluding hydrogens is 268 g/mol. The van der Waals surface area contributed by atoms with Crippen LogP contribution < -0.4 is 0 Å². The standard InChI is InChI=1S/C13H16O5S/c1-2-13(14)17-9-6-10-18-19(15,16)11-12-7-4-3-5-8-12/h2-5,7-8H,1,6,9-11H2. The lowest BCUT2D eigenvalue weighted by Crippen LogP contribution is -2.12. The van der Waals surface area contributed by atoms with E-state index in [0.717, 1.165) is 6.08 Å². The molecule has 0 amide bonds. The lowest BCUT2D eigenvalue weighted by molar-refractivity contribution is -0.137. The molecule has 0 heterocycles. The van der Waals surface area contributed by atoms with Crippen LogP contribution in [0.15, 0.2) is 43.0 Å². The van der Waals surface area contributed by atoms with Gasteiger partial charge in [-0.3, -0.25) is 4.18 Å². The highest BCUT2D eigenvalue weighted by Gasteiger charge is 2.12. The molecule has 0 saturated heterocycles. The molecule has 0 saturated carbocycles. The van der Waals surface area contributed by atoms with Crippen molar-refractivity contribution in [1.29, 1.82) is 0 Å². The summed E-state index contributed by atoms with van der Waals surface area (Å²) < 4.78 is 32.7. The Balaban J connectivity index is 2.28. The fourth-order valence-corrected chi connectivity index (χ4v) is 2.35. The van der Waals surface area contributed by atoms with E-state index in [1.165, 1.54) is 0 Å². The predicted molar refractivity (Wildman–Crippen MR) is 70.8 cm³/mol. The van der Waals surface area contributed by atoms with Crippen LogP contribution in [0.5, 0.6) is 0 Å². The maximum atomic E-state index is 11.6. The SMILES string of the molecule is C=CC(=O)OCCCOS(=O)(=O)Cc1ccccc1. The molecule has 0 atom stereocenters. The molecule has 19 heavy (non-hydrogen) atoms. The normalized spacial score (nSPS) is 10.9. The van der Waals surface area contributed by atoms with Crippen molar-refractivity contribution >= 4 is 16.1 Å². The number of hydrogen-bond acceptors (Lipinski definition) is 5. The predicted octanol–water partition coefficient (Wildman–Crippen LogP) is 1.65. The van der Waals surface area contributed by atoms with Crippen molar-refractivity contribution in [1.82, 2.24) is 0 Å². The fourth-order valence-electron chi connectivity index (χ4n) is 1.30. The molecule has 1 rings (SSSR count).